The zero-order valence-electron chi connectivity index (χ0n) is 15.2. The van der Waals surface area contributed by atoms with Gasteiger partial charge < -0.3 is 5.32 Å². The first-order chi connectivity index (χ1) is 12.3. The predicted molar refractivity (Wildman–Crippen MR) is 104 cm³/mol. The molecule has 0 amide bonds. The van der Waals surface area contributed by atoms with Gasteiger partial charge in [-0.3, -0.25) is 5.01 Å². The van der Waals surface area contributed by atoms with Crippen molar-refractivity contribution in [3.05, 3.63) is 71.8 Å². The molecule has 3 atom stereocenters. The van der Waals surface area contributed by atoms with Gasteiger partial charge in [-0.25, -0.2) is 0 Å². The second kappa shape index (κ2) is 6.64. The predicted octanol–water partition coefficient (Wildman–Crippen LogP) is 3.99. The second-order valence-corrected chi connectivity index (χ2v) is 7.39. The van der Waals surface area contributed by atoms with E-state index in [-0.39, 0.29) is 5.41 Å². The van der Waals surface area contributed by atoms with E-state index in [1.54, 1.807) is 0 Å². The average molecular weight is 333 g/mol. The molecule has 1 aliphatic carbocycles. The largest absolute Gasteiger partial charge is 0.318 e. The lowest BCUT2D eigenvalue weighted by molar-refractivity contribution is 0.235. The molecule has 2 aliphatic rings. The Morgan fingerprint density at radius 1 is 1.08 bits per heavy atom. The van der Waals surface area contributed by atoms with Crippen molar-refractivity contribution in [3.63, 3.8) is 0 Å². The summed E-state index contributed by atoms with van der Waals surface area (Å²) in [7, 11) is 4.19. The molecular weight excluding hydrogens is 306 g/mol. The van der Waals surface area contributed by atoms with E-state index in [1.165, 1.54) is 36.1 Å². The Kier molecular flexibility index (Phi) is 4.34. The molecule has 0 bridgehead atoms. The van der Waals surface area contributed by atoms with E-state index in [0.717, 1.165) is 6.54 Å². The van der Waals surface area contributed by atoms with Crippen LogP contribution in [0.5, 0.6) is 0 Å². The van der Waals surface area contributed by atoms with Crippen LogP contribution in [0.15, 0.2) is 65.8 Å². The zero-order valence-corrected chi connectivity index (χ0v) is 15.2. The number of hydrogen-bond acceptors (Lipinski definition) is 3. The van der Waals surface area contributed by atoms with Gasteiger partial charge in [0.1, 0.15) is 0 Å². The van der Waals surface area contributed by atoms with E-state index < -0.39 is 0 Å². The van der Waals surface area contributed by atoms with Crippen molar-refractivity contribution in [3.8, 4) is 0 Å². The van der Waals surface area contributed by atoms with Crippen molar-refractivity contribution in [2.75, 3.05) is 20.6 Å². The maximum absolute atomic E-state index is 5.13. The number of fused-ring (bicyclic) bond motifs is 1. The highest BCUT2D eigenvalue weighted by Crippen LogP contribution is 2.49. The van der Waals surface area contributed by atoms with E-state index in [4.69, 9.17) is 5.10 Å². The maximum atomic E-state index is 5.13. The highest BCUT2D eigenvalue weighted by atomic mass is 15.5. The molecule has 1 heterocycles. The summed E-state index contributed by atoms with van der Waals surface area (Å²) in [6.45, 7) is 0.946. The standard InChI is InChI=1S/C22H27N3/c1-23-16-22(18-12-7-4-8-13-18)15-9-14-19-20(25(2)24-21(19)22)17-10-5-3-6-11-17/h3-8,10-13,19-20,23H,9,14-16H2,1-2H3. The number of likely N-dealkylation sites (N-methyl/N-ethyl adjacent to an activating group) is 1. The summed E-state index contributed by atoms with van der Waals surface area (Å²) >= 11 is 0. The topological polar surface area (TPSA) is 27.6 Å². The van der Waals surface area contributed by atoms with Crippen molar-refractivity contribution >= 4 is 5.71 Å². The molecule has 1 saturated carbocycles. The fraction of sp³-hybridized carbons (Fsp3) is 0.409. The second-order valence-electron chi connectivity index (χ2n) is 7.39. The van der Waals surface area contributed by atoms with Crippen LogP contribution in [0.3, 0.4) is 0 Å². The van der Waals surface area contributed by atoms with Crippen molar-refractivity contribution in [1.29, 1.82) is 0 Å². The summed E-state index contributed by atoms with van der Waals surface area (Å²) in [5.74, 6) is 0.495. The van der Waals surface area contributed by atoms with Gasteiger partial charge >= 0.3 is 0 Å². The molecule has 2 aromatic rings. The van der Waals surface area contributed by atoms with Crippen LogP contribution in [-0.2, 0) is 5.41 Å². The molecule has 4 rings (SSSR count). The highest BCUT2D eigenvalue weighted by molar-refractivity contribution is 5.99. The van der Waals surface area contributed by atoms with Gasteiger partial charge in [0.25, 0.3) is 0 Å². The fourth-order valence-electron chi connectivity index (χ4n) is 4.94. The first-order valence-electron chi connectivity index (χ1n) is 9.33. The third kappa shape index (κ3) is 2.67. The summed E-state index contributed by atoms with van der Waals surface area (Å²) in [6, 6.07) is 22.2. The minimum absolute atomic E-state index is 0.0106. The van der Waals surface area contributed by atoms with Crippen LogP contribution >= 0.6 is 0 Å². The average Bonchev–Trinajstić information content (AvgIpc) is 3.00. The molecule has 25 heavy (non-hydrogen) atoms. The van der Waals surface area contributed by atoms with Crippen LogP contribution in [-0.4, -0.2) is 31.4 Å². The number of nitrogens with one attached hydrogen (secondary N) is 1. The molecule has 0 saturated heterocycles. The molecular formula is C22H27N3. The maximum Gasteiger partial charge on any atom is 0.0798 e. The van der Waals surface area contributed by atoms with Crippen molar-refractivity contribution in [2.24, 2.45) is 11.0 Å². The van der Waals surface area contributed by atoms with Gasteiger partial charge in [-0.05, 0) is 31.0 Å². The molecule has 1 aliphatic heterocycles. The first kappa shape index (κ1) is 16.3. The molecule has 1 fully saturated rings. The molecule has 3 nitrogen and oxygen atoms in total. The zero-order chi connectivity index (χ0) is 17.3. The van der Waals surface area contributed by atoms with Gasteiger partial charge in [-0.2, -0.15) is 5.10 Å². The number of rotatable bonds is 4. The highest BCUT2D eigenvalue weighted by Gasteiger charge is 2.50. The molecule has 3 heteroatoms. The Hall–Kier alpha value is -2.13. The summed E-state index contributed by atoms with van der Waals surface area (Å²) in [5, 5.41) is 10.8. The fourth-order valence-corrected chi connectivity index (χ4v) is 4.94. The molecule has 130 valence electrons. The molecule has 3 unspecified atom stereocenters. The van der Waals surface area contributed by atoms with Gasteiger partial charge in [-0.1, -0.05) is 67.1 Å². The normalized spacial score (nSPS) is 28.6. The van der Waals surface area contributed by atoms with Crippen molar-refractivity contribution < 1.29 is 0 Å². The van der Waals surface area contributed by atoms with Crippen LogP contribution in [0.25, 0.3) is 0 Å². The summed E-state index contributed by atoms with van der Waals surface area (Å²) in [4.78, 5) is 0. The summed E-state index contributed by atoms with van der Waals surface area (Å²) in [5.41, 5.74) is 4.16. The van der Waals surface area contributed by atoms with Crippen LogP contribution < -0.4 is 5.32 Å². The van der Waals surface area contributed by atoms with Crippen molar-refractivity contribution in [1.82, 2.24) is 10.3 Å². The lowest BCUT2D eigenvalue weighted by atomic mass is 9.62. The Morgan fingerprint density at radius 3 is 2.44 bits per heavy atom. The van der Waals surface area contributed by atoms with E-state index in [2.05, 4.69) is 85.1 Å². The Morgan fingerprint density at radius 2 is 1.76 bits per heavy atom. The van der Waals surface area contributed by atoms with Crippen LogP contribution in [0.2, 0.25) is 0 Å². The third-order valence-corrected chi connectivity index (χ3v) is 5.96. The van der Waals surface area contributed by atoms with Gasteiger partial charge in [0.15, 0.2) is 0 Å². The van der Waals surface area contributed by atoms with E-state index in [0.29, 0.717) is 12.0 Å². The molecule has 0 aromatic heterocycles. The molecule has 0 radical (unpaired) electrons. The first-order valence-corrected chi connectivity index (χ1v) is 9.33. The Labute approximate surface area is 150 Å². The van der Waals surface area contributed by atoms with Crippen LogP contribution in [0.1, 0.15) is 36.4 Å². The van der Waals surface area contributed by atoms with Gasteiger partial charge in [0.2, 0.25) is 0 Å². The Bertz CT molecular complexity index is 736. The minimum Gasteiger partial charge on any atom is -0.318 e. The van der Waals surface area contributed by atoms with Gasteiger partial charge in [-0.15, -0.1) is 0 Å². The Balaban J connectivity index is 1.78. The lowest BCUT2D eigenvalue weighted by Gasteiger charge is -2.41. The smallest absolute Gasteiger partial charge is 0.0798 e. The van der Waals surface area contributed by atoms with Gasteiger partial charge in [0, 0.05) is 24.9 Å². The molecule has 0 spiro atoms. The number of benzene rings is 2. The van der Waals surface area contributed by atoms with E-state index in [9.17, 15) is 0 Å². The molecule has 2 aromatic carbocycles. The van der Waals surface area contributed by atoms with E-state index in [1.807, 2.05) is 0 Å². The SMILES string of the molecule is CNCC1(c2ccccc2)CCCC2C1=NN(C)C2c1ccccc1. The summed E-state index contributed by atoms with van der Waals surface area (Å²) in [6.07, 6.45) is 3.64. The quantitative estimate of drug-likeness (QED) is 0.916. The number of hydrazone groups is 1. The number of nitrogens with zero attached hydrogens (tertiary/aromatic N) is 2. The number of hydrogen-bond donors (Lipinski definition) is 1. The molecule has 1 N–H and O–H groups in total. The van der Waals surface area contributed by atoms with Crippen LogP contribution in [0, 0.1) is 5.92 Å². The van der Waals surface area contributed by atoms with Crippen molar-refractivity contribution in [2.45, 2.75) is 30.7 Å². The monoisotopic (exact) mass is 333 g/mol. The van der Waals surface area contributed by atoms with E-state index >= 15 is 0 Å². The lowest BCUT2D eigenvalue weighted by Crippen LogP contribution is -2.49. The minimum atomic E-state index is 0.0106. The van der Waals surface area contributed by atoms with Crippen LogP contribution in [0.4, 0.5) is 0 Å². The summed E-state index contributed by atoms with van der Waals surface area (Å²) < 4.78 is 0. The van der Waals surface area contributed by atoms with Gasteiger partial charge in [0.05, 0.1) is 11.8 Å². The third-order valence-electron chi connectivity index (χ3n) is 5.96.